The normalized spacial score (nSPS) is 16.6. The maximum absolute atomic E-state index is 12.0. The van der Waals surface area contributed by atoms with Crippen LogP contribution in [0.1, 0.15) is 29.8 Å². The predicted molar refractivity (Wildman–Crippen MR) is 94.8 cm³/mol. The Labute approximate surface area is 149 Å². The van der Waals surface area contributed by atoms with Crippen molar-refractivity contribution in [1.82, 2.24) is 5.01 Å². The van der Waals surface area contributed by atoms with Crippen molar-refractivity contribution in [3.63, 3.8) is 0 Å². The van der Waals surface area contributed by atoms with Crippen LogP contribution >= 0.6 is 15.9 Å². The van der Waals surface area contributed by atoms with Crippen molar-refractivity contribution < 1.29 is 14.3 Å². The molecule has 0 aromatic heterocycles. The van der Waals surface area contributed by atoms with Crippen molar-refractivity contribution in [3.8, 4) is 5.75 Å². The number of benzene rings is 2. The highest BCUT2D eigenvalue weighted by molar-refractivity contribution is 9.10. The fourth-order valence-electron chi connectivity index (χ4n) is 2.48. The van der Waals surface area contributed by atoms with E-state index in [1.165, 1.54) is 11.9 Å². The highest BCUT2D eigenvalue weighted by Crippen LogP contribution is 2.37. The van der Waals surface area contributed by atoms with Gasteiger partial charge in [-0.3, -0.25) is 4.79 Å². The van der Waals surface area contributed by atoms with Crippen LogP contribution in [0.5, 0.6) is 5.75 Å². The van der Waals surface area contributed by atoms with Gasteiger partial charge in [0.15, 0.2) is 0 Å². The molecule has 5 nitrogen and oxygen atoms in total. The Kier molecular flexibility index (Phi) is 4.57. The van der Waals surface area contributed by atoms with Crippen molar-refractivity contribution >= 4 is 27.7 Å². The van der Waals surface area contributed by atoms with Gasteiger partial charge in [0.2, 0.25) is 18.0 Å². The number of hydrogen-bond donors (Lipinski definition) is 0. The number of rotatable bonds is 3. The molecule has 0 radical (unpaired) electrons. The van der Waals surface area contributed by atoms with Gasteiger partial charge in [-0.05, 0) is 37.3 Å². The SMILES string of the molecule is COc1ccc(Br)cc1[C@@H]1OC(c2ccc(C)cc2)=NN1C(C)=O. The number of amides is 1. The predicted octanol–water partition coefficient (Wildman–Crippen LogP) is 4.01. The summed E-state index contributed by atoms with van der Waals surface area (Å²) in [6.07, 6.45) is -0.661. The number of hydrogen-bond acceptors (Lipinski definition) is 4. The van der Waals surface area contributed by atoms with Gasteiger partial charge >= 0.3 is 0 Å². The first-order valence-electron chi connectivity index (χ1n) is 7.45. The van der Waals surface area contributed by atoms with Crippen LogP contribution in [-0.2, 0) is 9.53 Å². The van der Waals surface area contributed by atoms with Crippen LogP contribution in [0.3, 0.4) is 0 Å². The molecule has 6 heteroatoms. The van der Waals surface area contributed by atoms with Crippen LogP contribution in [0.25, 0.3) is 0 Å². The number of hydrazone groups is 1. The molecule has 1 atom stereocenters. The molecule has 0 spiro atoms. The number of carbonyl (C=O) groups excluding carboxylic acids is 1. The molecule has 0 fully saturated rings. The lowest BCUT2D eigenvalue weighted by molar-refractivity contribution is -0.135. The van der Waals surface area contributed by atoms with Crippen LogP contribution in [-0.4, -0.2) is 23.9 Å². The van der Waals surface area contributed by atoms with Crippen LogP contribution in [0.4, 0.5) is 0 Å². The minimum absolute atomic E-state index is 0.204. The topological polar surface area (TPSA) is 51.1 Å². The van der Waals surface area contributed by atoms with Crippen LogP contribution in [0.15, 0.2) is 52.0 Å². The zero-order valence-corrected chi connectivity index (χ0v) is 15.2. The Morgan fingerprint density at radius 3 is 2.58 bits per heavy atom. The molecule has 0 unspecified atom stereocenters. The van der Waals surface area contributed by atoms with E-state index >= 15 is 0 Å². The summed E-state index contributed by atoms with van der Waals surface area (Å²) in [6.45, 7) is 3.47. The largest absolute Gasteiger partial charge is 0.496 e. The summed E-state index contributed by atoms with van der Waals surface area (Å²) in [5.74, 6) is 0.844. The monoisotopic (exact) mass is 388 g/mol. The Balaban J connectivity index is 2.00. The van der Waals surface area contributed by atoms with E-state index in [4.69, 9.17) is 9.47 Å². The number of halogens is 1. The molecule has 1 amide bonds. The number of methoxy groups -OCH3 is 1. The number of ether oxygens (including phenoxy) is 2. The molecule has 0 saturated carbocycles. The van der Waals surface area contributed by atoms with Gasteiger partial charge in [0.25, 0.3) is 0 Å². The highest BCUT2D eigenvalue weighted by atomic mass is 79.9. The van der Waals surface area contributed by atoms with Crippen LogP contribution in [0.2, 0.25) is 0 Å². The first-order valence-corrected chi connectivity index (χ1v) is 8.24. The maximum atomic E-state index is 12.0. The molecule has 3 rings (SSSR count). The van der Waals surface area contributed by atoms with Gasteiger partial charge < -0.3 is 9.47 Å². The molecular formula is C18H17BrN2O3. The standard InChI is InChI=1S/C18H17BrN2O3/c1-11-4-6-13(7-5-11)17-20-21(12(2)22)18(24-17)15-10-14(19)8-9-16(15)23-3/h4-10,18H,1-3H3/t18-/m0/s1. The first kappa shape index (κ1) is 16.5. The van der Waals surface area contributed by atoms with Crippen molar-refractivity contribution in [2.75, 3.05) is 7.11 Å². The Hall–Kier alpha value is -2.34. The van der Waals surface area contributed by atoms with Gasteiger partial charge in [0, 0.05) is 17.0 Å². The zero-order chi connectivity index (χ0) is 17.3. The van der Waals surface area contributed by atoms with Crippen molar-refractivity contribution in [3.05, 3.63) is 63.6 Å². The molecule has 2 aromatic rings. The molecule has 0 saturated heterocycles. The average Bonchev–Trinajstić information content (AvgIpc) is 3.01. The van der Waals surface area contributed by atoms with Gasteiger partial charge in [0.05, 0.1) is 12.7 Å². The molecule has 0 aliphatic carbocycles. The second kappa shape index (κ2) is 6.65. The third kappa shape index (κ3) is 3.14. The van der Waals surface area contributed by atoms with Gasteiger partial charge in [-0.2, -0.15) is 5.01 Å². The van der Waals surface area contributed by atoms with E-state index in [1.807, 2.05) is 49.4 Å². The molecule has 24 heavy (non-hydrogen) atoms. The van der Waals surface area contributed by atoms with Crippen LogP contribution in [0, 0.1) is 6.92 Å². The Morgan fingerprint density at radius 2 is 1.96 bits per heavy atom. The van der Waals surface area contributed by atoms with Gasteiger partial charge in [-0.15, -0.1) is 5.10 Å². The average molecular weight is 389 g/mol. The molecule has 2 aromatic carbocycles. The summed E-state index contributed by atoms with van der Waals surface area (Å²) >= 11 is 3.45. The Morgan fingerprint density at radius 1 is 1.25 bits per heavy atom. The third-order valence-corrected chi connectivity index (χ3v) is 4.22. The quantitative estimate of drug-likeness (QED) is 0.797. The van der Waals surface area contributed by atoms with E-state index in [2.05, 4.69) is 21.0 Å². The summed E-state index contributed by atoms with van der Waals surface area (Å²) in [6, 6.07) is 13.4. The molecule has 0 bridgehead atoms. The Bertz CT molecular complexity index is 802. The third-order valence-electron chi connectivity index (χ3n) is 3.72. The summed E-state index contributed by atoms with van der Waals surface area (Å²) in [4.78, 5) is 12.0. The number of aryl methyl sites for hydroxylation is 1. The van der Waals surface area contributed by atoms with Crippen LogP contribution < -0.4 is 4.74 Å². The molecule has 1 aliphatic rings. The lowest BCUT2D eigenvalue weighted by Crippen LogP contribution is -2.25. The molecule has 0 N–H and O–H groups in total. The van der Waals surface area contributed by atoms with Gasteiger partial charge in [-0.25, -0.2) is 0 Å². The summed E-state index contributed by atoms with van der Waals surface area (Å²) < 4.78 is 12.3. The first-order chi connectivity index (χ1) is 11.5. The number of carbonyl (C=O) groups is 1. The van der Waals surface area contributed by atoms with E-state index < -0.39 is 6.23 Å². The molecule has 1 heterocycles. The second-order valence-corrected chi connectivity index (χ2v) is 6.41. The van der Waals surface area contributed by atoms with Crippen molar-refractivity contribution in [2.45, 2.75) is 20.1 Å². The van der Waals surface area contributed by atoms with Gasteiger partial charge in [-0.1, -0.05) is 33.6 Å². The second-order valence-electron chi connectivity index (χ2n) is 5.49. The fourth-order valence-corrected chi connectivity index (χ4v) is 2.86. The summed E-state index contributed by atoms with van der Waals surface area (Å²) in [5, 5.41) is 5.69. The van der Waals surface area contributed by atoms with E-state index in [0.29, 0.717) is 11.6 Å². The van der Waals surface area contributed by atoms with Crippen molar-refractivity contribution in [2.24, 2.45) is 5.10 Å². The smallest absolute Gasteiger partial charge is 0.243 e. The highest BCUT2D eigenvalue weighted by Gasteiger charge is 2.35. The van der Waals surface area contributed by atoms with E-state index in [0.717, 1.165) is 21.2 Å². The number of nitrogens with zero attached hydrogens (tertiary/aromatic N) is 2. The van der Waals surface area contributed by atoms with E-state index in [1.54, 1.807) is 7.11 Å². The van der Waals surface area contributed by atoms with E-state index in [9.17, 15) is 4.79 Å². The van der Waals surface area contributed by atoms with Crippen molar-refractivity contribution in [1.29, 1.82) is 0 Å². The lowest BCUT2D eigenvalue weighted by Gasteiger charge is -2.21. The minimum atomic E-state index is -0.661. The zero-order valence-electron chi connectivity index (χ0n) is 13.6. The fraction of sp³-hybridized carbons (Fsp3) is 0.222. The summed E-state index contributed by atoms with van der Waals surface area (Å²) in [5.41, 5.74) is 2.70. The van der Waals surface area contributed by atoms with E-state index in [-0.39, 0.29) is 5.91 Å². The summed E-state index contributed by atoms with van der Waals surface area (Å²) in [7, 11) is 1.58. The molecule has 1 aliphatic heterocycles. The lowest BCUT2D eigenvalue weighted by atomic mass is 10.1. The molecular weight excluding hydrogens is 372 g/mol. The van der Waals surface area contributed by atoms with Gasteiger partial charge in [0.1, 0.15) is 5.75 Å². The molecule has 124 valence electrons. The minimum Gasteiger partial charge on any atom is -0.496 e. The maximum Gasteiger partial charge on any atom is 0.243 e.